The van der Waals surface area contributed by atoms with Gasteiger partial charge in [-0.1, -0.05) is 30.3 Å². The standard InChI is InChI=1S/C24H29N3O3S/c1-16(2)25-22(28)19-10-8-18(9-11-19)15-27-23(29)21-20(12-13-31-21)26(24(27)30)14-17-6-4-3-5-7-17/h3-7,12-13,16,18-19H,8-11,14-15H2,1-2H3,(H,25,28). The lowest BCUT2D eigenvalue weighted by Gasteiger charge is -2.28. The number of carbonyl (C=O) groups excluding carboxylic acids is 1. The second kappa shape index (κ2) is 9.22. The van der Waals surface area contributed by atoms with Gasteiger partial charge in [-0.25, -0.2) is 4.79 Å². The number of nitrogens with zero attached hydrogens (tertiary/aromatic N) is 2. The van der Waals surface area contributed by atoms with Gasteiger partial charge in [-0.3, -0.25) is 18.7 Å². The molecule has 1 saturated carbocycles. The van der Waals surface area contributed by atoms with Crippen molar-refractivity contribution in [2.24, 2.45) is 11.8 Å². The summed E-state index contributed by atoms with van der Waals surface area (Å²) in [5.74, 6) is 0.386. The first kappa shape index (κ1) is 21.6. The van der Waals surface area contributed by atoms with Crippen LogP contribution in [0, 0.1) is 11.8 Å². The van der Waals surface area contributed by atoms with E-state index >= 15 is 0 Å². The number of rotatable bonds is 6. The normalized spacial score (nSPS) is 19.1. The van der Waals surface area contributed by atoms with E-state index in [-0.39, 0.29) is 35.0 Å². The molecule has 0 aliphatic heterocycles. The smallest absolute Gasteiger partial charge is 0.331 e. The molecule has 31 heavy (non-hydrogen) atoms. The zero-order valence-electron chi connectivity index (χ0n) is 18.0. The number of amides is 1. The topological polar surface area (TPSA) is 73.1 Å². The van der Waals surface area contributed by atoms with Gasteiger partial charge in [0.1, 0.15) is 4.70 Å². The fraction of sp³-hybridized carbons (Fsp3) is 0.458. The Morgan fingerprint density at radius 3 is 2.45 bits per heavy atom. The fourth-order valence-electron chi connectivity index (χ4n) is 4.48. The Bertz CT molecular complexity index is 1170. The highest BCUT2D eigenvalue weighted by Gasteiger charge is 2.28. The number of thiophene rings is 1. The zero-order valence-corrected chi connectivity index (χ0v) is 18.9. The van der Waals surface area contributed by atoms with E-state index in [4.69, 9.17) is 0 Å². The van der Waals surface area contributed by atoms with Gasteiger partial charge in [-0.2, -0.15) is 0 Å². The Labute approximate surface area is 185 Å². The zero-order chi connectivity index (χ0) is 22.0. The van der Waals surface area contributed by atoms with Crippen LogP contribution < -0.4 is 16.6 Å². The molecule has 0 bridgehead atoms. The molecule has 1 N–H and O–H groups in total. The van der Waals surface area contributed by atoms with Gasteiger partial charge in [0.2, 0.25) is 5.91 Å². The van der Waals surface area contributed by atoms with Crippen molar-refractivity contribution in [2.45, 2.75) is 58.7 Å². The van der Waals surface area contributed by atoms with Crippen molar-refractivity contribution in [1.29, 1.82) is 0 Å². The van der Waals surface area contributed by atoms with Crippen LogP contribution in [0.2, 0.25) is 0 Å². The second-order valence-corrected chi connectivity index (χ2v) is 9.70. The summed E-state index contributed by atoms with van der Waals surface area (Å²) in [5, 5.41) is 4.87. The summed E-state index contributed by atoms with van der Waals surface area (Å²) in [6.45, 7) is 4.79. The van der Waals surface area contributed by atoms with E-state index in [1.54, 1.807) is 4.57 Å². The van der Waals surface area contributed by atoms with E-state index in [1.165, 1.54) is 15.9 Å². The van der Waals surface area contributed by atoms with E-state index in [9.17, 15) is 14.4 Å². The minimum atomic E-state index is -0.251. The summed E-state index contributed by atoms with van der Waals surface area (Å²) in [5.41, 5.74) is 1.28. The summed E-state index contributed by atoms with van der Waals surface area (Å²) < 4.78 is 3.76. The lowest BCUT2D eigenvalue weighted by molar-refractivity contribution is -0.126. The van der Waals surface area contributed by atoms with E-state index in [2.05, 4.69) is 5.32 Å². The van der Waals surface area contributed by atoms with Crippen LogP contribution in [0.5, 0.6) is 0 Å². The molecule has 164 valence electrons. The van der Waals surface area contributed by atoms with E-state index in [1.807, 2.05) is 55.6 Å². The first-order valence-electron chi connectivity index (χ1n) is 11.0. The van der Waals surface area contributed by atoms with Crippen LogP contribution in [0.1, 0.15) is 45.1 Å². The van der Waals surface area contributed by atoms with Crippen molar-refractivity contribution in [2.75, 3.05) is 0 Å². The maximum atomic E-state index is 13.3. The Morgan fingerprint density at radius 1 is 1.06 bits per heavy atom. The fourth-order valence-corrected chi connectivity index (χ4v) is 5.32. The molecule has 7 heteroatoms. The van der Waals surface area contributed by atoms with Gasteiger partial charge in [0.15, 0.2) is 0 Å². The average Bonchev–Trinajstić information content (AvgIpc) is 3.25. The number of fused-ring (bicyclic) bond motifs is 1. The van der Waals surface area contributed by atoms with E-state index in [0.717, 1.165) is 31.2 Å². The van der Waals surface area contributed by atoms with E-state index < -0.39 is 0 Å². The van der Waals surface area contributed by atoms with Gasteiger partial charge < -0.3 is 5.32 Å². The number of carbonyl (C=O) groups is 1. The first-order valence-corrected chi connectivity index (χ1v) is 11.9. The van der Waals surface area contributed by atoms with Crippen LogP contribution in [0.15, 0.2) is 51.4 Å². The Balaban J connectivity index is 1.57. The van der Waals surface area contributed by atoms with Gasteiger partial charge in [0.25, 0.3) is 5.56 Å². The maximum absolute atomic E-state index is 13.3. The summed E-state index contributed by atoms with van der Waals surface area (Å²) in [4.78, 5) is 38.7. The van der Waals surface area contributed by atoms with Gasteiger partial charge in [-0.15, -0.1) is 11.3 Å². The third-order valence-corrected chi connectivity index (χ3v) is 7.00. The number of aromatic nitrogens is 2. The molecule has 1 aliphatic rings. The van der Waals surface area contributed by atoms with Crippen LogP contribution >= 0.6 is 11.3 Å². The van der Waals surface area contributed by atoms with Crippen molar-refractivity contribution < 1.29 is 4.79 Å². The second-order valence-electron chi connectivity index (χ2n) is 8.79. The summed E-state index contributed by atoms with van der Waals surface area (Å²) in [7, 11) is 0. The van der Waals surface area contributed by atoms with Crippen molar-refractivity contribution in [3.8, 4) is 0 Å². The average molecular weight is 440 g/mol. The molecule has 0 unspecified atom stereocenters. The van der Waals surface area contributed by atoms with Crippen LogP contribution in [-0.2, 0) is 17.9 Å². The monoisotopic (exact) mass is 439 g/mol. The van der Waals surface area contributed by atoms with Crippen molar-refractivity contribution in [1.82, 2.24) is 14.5 Å². The molecular formula is C24H29N3O3S. The molecule has 0 atom stereocenters. The highest BCUT2D eigenvalue weighted by atomic mass is 32.1. The molecule has 4 rings (SSSR count). The number of hydrogen-bond donors (Lipinski definition) is 1. The Hall–Kier alpha value is -2.67. The molecule has 0 radical (unpaired) electrons. The van der Waals surface area contributed by atoms with Gasteiger partial charge in [0.05, 0.1) is 12.1 Å². The van der Waals surface area contributed by atoms with E-state index in [0.29, 0.717) is 23.3 Å². The number of nitrogens with one attached hydrogen (secondary N) is 1. The molecule has 2 heterocycles. The predicted octanol–water partition coefficient (Wildman–Crippen LogP) is 3.60. The molecule has 1 fully saturated rings. The third kappa shape index (κ3) is 4.66. The minimum absolute atomic E-state index is 0.0323. The number of hydrogen-bond acceptors (Lipinski definition) is 4. The molecule has 6 nitrogen and oxygen atoms in total. The molecule has 1 aromatic carbocycles. The minimum Gasteiger partial charge on any atom is -0.354 e. The third-order valence-electron chi connectivity index (χ3n) is 6.11. The predicted molar refractivity (Wildman–Crippen MR) is 125 cm³/mol. The van der Waals surface area contributed by atoms with Crippen LogP contribution in [0.4, 0.5) is 0 Å². The summed E-state index contributed by atoms with van der Waals surface area (Å²) in [6.07, 6.45) is 3.31. The lowest BCUT2D eigenvalue weighted by atomic mass is 9.81. The van der Waals surface area contributed by atoms with Gasteiger partial charge in [-0.05, 0) is 62.5 Å². The SMILES string of the molecule is CC(C)NC(=O)C1CCC(Cn2c(=O)c3sccc3n(Cc3ccccc3)c2=O)CC1. The quantitative estimate of drug-likeness (QED) is 0.638. The highest BCUT2D eigenvalue weighted by Crippen LogP contribution is 2.30. The number of benzene rings is 1. The maximum Gasteiger partial charge on any atom is 0.331 e. The van der Waals surface area contributed by atoms with Crippen molar-refractivity contribution in [3.63, 3.8) is 0 Å². The van der Waals surface area contributed by atoms with Crippen LogP contribution in [0.3, 0.4) is 0 Å². The molecule has 2 aromatic heterocycles. The highest BCUT2D eigenvalue weighted by molar-refractivity contribution is 7.17. The summed E-state index contributed by atoms with van der Waals surface area (Å²) >= 11 is 1.39. The Kier molecular flexibility index (Phi) is 6.41. The van der Waals surface area contributed by atoms with Crippen LogP contribution in [-0.4, -0.2) is 21.1 Å². The van der Waals surface area contributed by atoms with Gasteiger partial charge in [0, 0.05) is 18.5 Å². The molecule has 0 spiro atoms. The van der Waals surface area contributed by atoms with Crippen molar-refractivity contribution in [3.05, 3.63) is 68.2 Å². The summed E-state index contributed by atoms with van der Waals surface area (Å²) in [6, 6.07) is 11.8. The molecule has 3 aromatic rings. The molecular weight excluding hydrogens is 410 g/mol. The first-order chi connectivity index (χ1) is 14.9. The molecule has 1 aliphatic carbocycles. The Morgan fingerprint density at radius 2 is 1.77 bits per heavy atom. The molecule has 0 saturated heterocycles. The molecule has 1 amide bonds. The lowest BCUT2D eigenvalue weighted by Crippen LogP contribution is -2.42. The van der Waals surface area contributed by atoms with Crippen LogP contribution in [0.25, 0.3) is 10.2 Å². The van der Waals surface area contributed by atoms with Gasteiger partial charge >= 0.3 is 5.69 Å². The largest absolute Gasteiger partial charge is 0.354 e. The van der Waals surface area contributed by atoms with Crippen molar-refractivity contribution >= 4 is 27.5 Å².